The molecule has 1 rings (SSSR count). The summed E-state index contributed by atoms with van der Waals surface area (Å²) in [6.07, 6.45) is 0. The maximum absolute atomic E-state index is 11.7. The third-order valence-electron chi connectivity index (χ3n) is 2.56. The molecule has 1 aromatic carbocycles. The number of aliphatic imine (C=N–C) groups is 1. The molecule has 0 saturated carbocycles. The van der Waals surface area contributed by atoms with Crippen LogP contribution >= 0.6 is 15.9 Å². The number of ether oxygens (including phenoxy) is 2. The van der Waals surface area contributed by atoms with Crippen molar-refractivity contribution in [3.05, 3.63) is 40.4 Å². The number of carbonyl (C=O) groups excluding carboxylic acids is 3. The van der Waals surface area contributed by atoms with Crippen LogP contribution in [-0.4, -0.2) is 37.7 Å². The average Bonchev–Trinajstić information content (AvgIpc) is 2.54. The maximum Gasteiger partial charge on any atom is 0.360 e. The number of benzene rings is 1. The number of ketones is 1. The standard InChI is InChI=1S/C15H14BrNO5/c1-9(18)12(15(20)22-3)17-13(11(16)14(19)21-2)10-7-5-4-6-8-10/h4-8H,1-3H3/b13-11-,17-12?. The van der Waals surface area contributed by atoms with Gasteiger partial charge in [0.2, 0.25) is 0 Å². The van der Waals surface area contributed by atoms with Crippen LogP contribution in [-0.2, 0) is 23.9 Å². The fraction of sp³-hybridized carbons (Fsp3) is 0.200. The molecule has 0 amide bonds. The van der Waals surface area contributed by atoms with Crippen LogP contribution in [0.25, 0.3) is 5.70 Å². The Bertz CT molecular complexity index is 649. The van der Waals surface area contributed by atoms with Gasteiger partial charge >= 0.3 is 11.9 Å². The van der Waals surface area contributed by atoms with E-state index in [1.54, 1.807) is 30.3 Å². The summed E-state index contributed by atoms with van der Waals surface area (Å²) in [5.74, 6) is -2.15. The Hall–Kier alpha value is -2.28. The monoisotopic (exact) mass is 367 g/mol. The van der Waals surface area contributed by atoms with Gasteiger partial charge in [-0.2, -0.15) is 0 Å². The molecule has 0 radical (unpaired) electrons. The molecular weight excluding hydrogens is 354 g/mol. The first-order valence-corrected chi connectivity index (χ1v) is 6.93. The Morgan fingerprint density at radius 3 is 2.00 bits per heavy atom. The molecule has 0 heterocycles. The Labute approximate surface area is 136 Å². The molecule has 0 N–H and O–H groups in total. The lowest BCUT2D eigenvalue weighted by Crippen LogP contribution is -2.23. The predicted molar refractivity (Wildman–Crippen MR) is 84.4 cm³/mol. The summed E-state index contributed by atoms with van der Waals surface area (Å²) in [7, 11) is 2.35. The lowest BCUT2D eigenvalue weighted by atomic mass is 10.1. The third kappa shape index (κ3) is 4.36. The van der Waals surface area contributed by atoms with E-state index in [2.05, 4.69) is 30.4 Å². The van der Waals surface area contributed by atoms with Crippen molar-refractivity contribution in [2.75, 3.05) is 14.2 Å². The lowest BCUT2D eigenvalue weighted by molar-refractivity contribution is -0.135. The zero-order chi connectivity index (χ0) is 16.7. The number of methoxy groups -OCH3 is 2. The molecule has 0 atom stereocenters. The van der Waals surface area contributed by atoms with Crippen LogP contribution in [0, 0.1) is 0 Å². The van der Waals surface area contributed by atoms with E-state index in [4.69, 9.17) is 0 Å². The van der Waals surface area contributed by atoms with Crippen molar-refractivity contribution in [3.8, 4) is 0 Å². The molecule has 1 aromatic rings. The first-order chi connectivity index (χ1) is 10.4. The summed E-state index contributed by atoms with van der Waals surface area (Å²) in [5, 5.41) is 0. The lowest BCUT2D eigenvalue weighted by Gasteiger charge is -2.08. The Kier molecular flexibility index (Phi) is 6.65. The van der Waals surface area contributed by atoms with Gasteiger partial charge in [0.1, 0.15) is 4.48 Å². The molecule has 0 spiro atoms. The van der Waals surface area contributed by atoms with E-state index >= 15 is 0 Å². The van der Waals surface area contributed by atoms with Gasteiger partial charge in [-0.3, -0.25) is 4.79 Å². The summed E-state index contributed by atoms with van der Waals surface area (Å²) in [4.78, 5) is 39.0. The van der Waals surface area contributed by atoms with Crippen molar-refractivity contribution in [3.63, 3.8) is 0 Å². The van der Waals surface area contributed by atoms with Gasteiger partial charge in [-0.1, -0.05) is 30.3 Å². The molecule has 0 fully saturated rings. The summed E-state index contributed by atoms with van der Waals surface area (Å²) in [6, 6.07) is 8.60. The number of halogens is 1. The number of esters is 2. The van der Waals surface area contributed by atoms with Crippen LogP contribution in [0.5, 0.6) is 0 Å². The third-order valence-corrected chi connectivity index (χ3v) is 3.25. The second-order valence-corrected chi connectivity index (χ2v) is 4.82. The molecule has 0 aliphatic heterocycles. The van der Waals surface area contributed by atoms with Gasteiger partial charge in [-0.25, -0.2) is 14.6 Å². The first-order valence-electron chi connectivity index (χ1n) is 6.13. The molecule has 0 aromatic heterocycles. The summed E-state index contributed by atoms with van der Waals surface area (Å²) < 4.78 is 9.15. The zero-order valence-electron chi connectivity index (χ0n) is 12.3. The number of rotatable bonds is 5. The molecule has 7 heteroatoms. The highest BCUT2D eigenvalue weighted by molar-refractivity contribution is 9.12. The summed E-state index contributed by atoms with van der Waals surface area (Å²) in [5.41, 5.74) is 0.215. The molecule has 0 aliphatic carbocycles. The molecule has 6 nitrogen and oxygen atoms in total. The topological polar surface area (TPSA) is 82.0 Å². The highest BCUT2D eigenvalue weighted by atomic mass is 79.9. The van der Waals surface area contributed by atoms with E-state index in [1.807, 2.05) is 0 Å². The molecule has 0 bridgehead atoms. The van der Waals surface area contributed by atoms with Crippen LogP contribution < -0.4 is 0 Å². The second kappa shape index (κ2) is 8.23. The fourth-order valence-corrected chi connectivity index (χ4v) is 1.98. The number of nitrogens with zero attached hydrogens (tertiary/aromatic N) is 1. The summed E-state index contributed by atoms with van der Waals surface area (Å²) in [6.45, 7) is 1.18. The van der Waals surface area contributed by atoms with E-state index in [-0.39, 0.29) is 10.2 Å². The number of carbonyl (C=O) groups is 3. The van der Waals surface area contributed by atoms with Gasteiger partial charge in [-0.15, -0.1) is 0 Å². The van der Waals surface area contributed by atoms with Crippen LogP contribution in [0.2, 0.25) is 0 Å². The van der Waals surface area contributed by atoms with E-state index in [0.29, 0.717) is 5.56 Å². The van der Waals surface area contributed by atoms with Gasteiger partial charge in [0.15, 0.2) is 11.5 Å². The maximum atomic E-state index is 11.7. The molecule has 0 saturated heterocycles. The van der Waals surface area contributed by atoms with Gasteiger partial charge in [-0.05, 0) is 15.9 Å². The highest BCUT2D eigenvalue weighted by Crippen LogP contribution is 2.25. The Morgan fingerprint density at radius 1 is 1.00 bits per heavy atom. The van der Waals surface area contributed by atoms with Gasteiger partial charge in [0, 0.05) is 12.5 Å². The van der Waals surface area contributed by atoms with E-state index in [9.17, 15) is 14.4 Å². The molecule has 0 aliphatic rings. The predicted octanol–water partition coefficient (Wildman–Crippen LogP) is 2.13. The van der Waals surface area contributed by atoms with Gasteiger partial charge in [0.05, 0.1) is 19.9 Å². The Balaban J connectivity index is 3.55. The van der Waals surface area contributed by atoms with Crippen molar-refractivity contribution in [1.82, 2.24) is 0 Å². The zero-order valence-corrected chi connectivity index (χ0v) is 13.8. The minimum atomic E-state index is -0.883. The minimum Gasteiger partial charge on any atom is -0.465 e. The van der Waals surface area contributed by atoms with Gasteiger partial charge in [0.25, 0.3) is 0 Å². The molecule has 116 valence electrons. The minimum absolute atomic E-state index is 0.0103. The van der Waals surface area contributed by atoms with E-state index < -0.39 is 23.4 Å². The quantitative estimate of drug-likeness (QED) is 0.344. The van der Waals surface area contributed by atoms with Crippen LogP contribution in [0.15, 0.2) is 39.8 Å². The van der Waals surface area contributed by atoms with Crippen molar-refractivity contribution in [1.29, 1.82) is 0 Å². The summed E-state index contributed by atoms with van der Waals surface area (Å²) >= 11 is 3.09. The van der Waals surface area contributed by atoms with Crippen molar-refractivity contribution in [2.45, 2.75) is 6.92 Å². The first kappa shape index (κ1) is 17.8. The second-order valence-electron chi connectivity index (χ2n) is 4.03. The fourth-order valence-electron chi connectivity index (χ4n) is 1.50. The number of hydrogen-bond donors (Lipinski definition) is 0. The largest absolute Gasteiger partial charge is 0.465 e. The average molecular weight is 368 g/mol. The van der Waals surface area contributed by atoms with Crippen LogP contribution in [0.3, 0.4) is 0 Å². The number of hydrogen-bond acceptors (Lipinski definition) is 6. The Morgan fingerprint density at radius 2 is 1.55 bits per heavy atom. The van der Waals surface area contributed by atoms with Crippen molar-refractivity contribution in [2.24, 2.45) is 4.99 Å². The molecule has 22 heavy (non-hydrogen) atoms. The van der Waals surface area contributed by atoms with Gasteiger partial charge < -0.3 is 9.47 Å². The smallest absolute Gasteiger partial charge is 0.360 e. The van der Waals surface area contributed by atoms with Crippen LogP contribution in [0.4, 0.5) is 0 Å². The van der Waals surface area contributed by atoms with Crippen molar-refractivity contribution >= 4 is 45.1 Å². The van der Waals surface area contributed by atoms with E-state index in [0.717, 1.165) is 7.11 Å². The highest BCUT2D eigenvalue weighted by Gasteiger charge is 2.21. The normalized spacial score (nSPS) is 12.3. The van der Waals surface area contributed by atoms with E-state index in [1.165, 1.54) is 14.0 Å². The molecule has 0 unspecified atom stereocenters. The van der Waals surface area contributed by atoms with Crippen molar-refractivity contribution < 1.29 is 23.9 Å². The van der Waals surface area contributed by atoms with Crippen LogP contribution in [0.1, 0.15) is 12.5 Å². The SMILES string of the molecule is COC(=O)C(=N/C(=C(\Br)C(=O)OC)c1ccccc1)C(C)=O. The molecular formula is C15H14BrNO5. The number of Topliss-reactive ketones (excluding diaryl/α,β-unsaturated/α-hetero) is 1.